The van der Waals surface area contributed by atoms with E-state index in [0.717, 1.165) is 26.1 Å². The minimum Gasteiger partial charge on any atom is -0.378 e. The number of rotatable bonds is 6. The summed E-state index contributed by atoms with van der Waals surface area (Å²) in [5.41, 5.74) is 0.212. The van der Waals surface area contributed by atoms with Crippen LogP contribution in [0.3, 0.4) is 0 Å². The average Bonchev–Trinajstić information content (AvgIpc) is 2.68. The Balaban J connectivity index is 1.54. The van der Waals surface area contributed by atoms with Crippen LogP contribution in [0, 0.1) is 0 Å². The van der Waals surface area contributed by atoms with Crippen molar-refractivity contribution in [3.8, 4) is 0 Å². The molecule has 3 nitrogen and oxygen atoms in total. The normalized spacial score (nSPS) is 29.0. The number of ether oxygens (including phenoxy) is 2. The van der Waals surface area contributed by atoms with E-state index in [2.05, 4.69) is 5.32 Å². The molecule has 1 aliphatic carbocycles. The Bertz CT molecular complexity index is 181. The molecule has 0 radical (unpaired) electrons. The molecule has 1 atom stereocenters. The monoisotopic (exact) mass is 213 g/mol. The molecule has 88 valence electrons. The van der Waals surface area contributed by atoms with Crippen LogP contribution in [-0.4, -0.2) is 38.5 Å². The second kappa shape index (κ2) is 5.28. The summed E-state index contributed by atoms with van der Waals surface area (Å²) in [5, 5.41) is 3.48. The molecular formula is C12H23NO2. The maximum atomic E-state index is 5.57. The van der Waals surface area contributed by atoms with Gasteiger partial charge in [-0.1, -0.05) is 0 Å². The zero-order chi connectivity index (χ0) is 10.6. The maximum Gasteiger partial charge on any atom is 0.0700 e. The van der Waals surface area contributed by atoms with E-state index in [9.17, 15) is 0 Å². The molecule has 15 heavy (non-hydrogen) atoms. The SMILES string of the molecule is COC1(CCNCC2CCCO2)CCC1. The fraction of sp³-hybridized carbons (Fsp3) is 1.00. The van der Waals surface area contributed by atoms with Gasteiger partial charge >= 0.3 is 0 Å². The Morgan fingerprint density at radius 1 is 1.40 bits per heavy atom. The van der Waals surface area contributed by atoms with Gasteiger partial charge in [0.1, 0.15) is 0 Å². The molecule has 1 aliphatic heterocycles. The van der Waals surface area contributed by atoms with Crippen LogP contribution in [0.1, 0.15) is 38.5 Å². The molecule has 1 heterocycles. The summed E-state index contributed by atoms with van der Waals surface area (Å²) in [6.07, 6.45) is 7.88. The second-order valence-electron chi connectivity index (χ2n) is 4.83. The van der Waals surface area contributed by atoms with Gasteiger partial charge < -0.3 is 14.8 Å². The number of hydrogen-bond acceptors (Lipinski definition) is 3. The molecule has 2 rings (SSSR count). The summed E-state index contributed by atoms with van der Waals surface area (Å²) in [7, 11) is 1.85. The van der Waals surface area contributed by atoms with Crippen LogP contribution < -0.4 is 5.32 Å². The van der Waals surface area contributed by atoms with Crippen LogP contribution in [-0.2, 0) is 9.47 Å². The van der Waals surface area contributed by atoms with E-state index in [4.69, 9.17) is 9.47 Å². The first-order valence-electron chi connectivity index (χ1n) is 6.22. The molecule has 1 saturated carbocycles. The molecule has 0 aromatic rings. The van der Waals surface area contributed by atoms with E-state index in [1.165, 1.54) is 32.1 Å². The van der Waals surface area contributed by atoms with Gasteiger partial charge in [0, 0.05) is 20.3 Å². The predicted octanol–water partition coefficient (Wildman–Crippen LogP) is 1.71. The third-order valence-electron chi connectivity index (χ3n) is 3.85. The molecule has 0 amide bonds. The molecular weight excluding hydrogens is 190 g/mol. The van der Waals surface area contributed by atoms with Crippen molar-refractivity contribution in [1.82, 2.24) is 5.32 Å². The zero-order valence-electron chi connectivity index (χ0n) is 9.76. The van der Waals surface area contributed by atoms with Crippen LogP contribution in [0.15, 0.2) is 0 Å². The minimum absolute atomic E-state index is 0.212. The molecule has 1 saturated heterocycles. The Labute approximate surface area is 92.5 Å². The highest BCUT2D eigenvalue weighted by atomic mass is 16.5. The highest BCUT2D eigenvalue weighted by Gasteiger charge is 2.36. The Morgan fingerprint density at radius 2 is 2.27 bits per heavy atom. The van der Waals surface area contributed by atoms with E-state index in [-0.39, 0.29) is 5.60 Å². The average molecular weight is 213 g/mol. The van der Waals surface area contributed by atoms with E-state index in [1.54, 1.807) is 0 Å². The van der Waals surface area contributed by atoms with Gasteiger partial charge in [-0.15, -0.1) is 0 Å². The molecule has 0 aromatic heterocycles. The van der Waals surface area contributed by atoms with Gasteiger partial charge in [0.25, 0.3) is 0 Å². The Hall–Kier alpha value is -0.120. The summed E-state index contributed by atoms with van der Waals surface area (Å²) in [5.74, 6) is 0. The highest BCUT2D eigenvalue weighted by Crippen LogP contribution is 2.37. The quantitative estimate of drug-likeness (QED) is 0.681. The summed E-state index contributed by atoms with van der Waals surface area (Å²) >= 11 is 0. The van der Waals surface area contributed by atoms with Crippen molar-refractivity contribution < 1.29 is 9.47 Å². The molecule has 3 heteroatoms. The fourth-order valence-corrected chi connectivity index (χ4v) is 2.51. The van der Waals surface area contributed by atoms with Crippen LogP contribution in [0.25, 0.3) is 0 Å². The predicted molar refractivity (Wildman–Crippen MR) is 60.1 cm³/mol. The van der Waals surface area contributed by atoms with Gasteiger partial charge in [-0.3, -0.25) is 0 Å². The van der Waals surface area contributed by atoms with Gasteiger partial charge in [0.05, 0.1) is 11.7 Å². The van der Waals surface area contributed by atoms with Crippen molar-refractivity contribution in [3.63, 3.8) is 0 Å². The first-order chi connectivity index (χ1) is 7.35. The standard InChI is InChI=1S/C12H23NO2/c1-14-12(5-3-6-12)7-8-13-10-11-4-2-9-15-11/h11,13H,2-10H2,1H3. The van der Waals surface area contributed by atoms with Crippen LogP contribution in [0.2, 0.25) is 0 Å². The summed E-state index contributed by atoms with van der Waals surface area (Å²) < 4.78 is 11.1. The number of methoxy groups -OCH3 is 1. The lowest BCUT2D eigenvalue weighted by Crippen LogP contribution is -2.42. The van der Waals surface area contributed by atoms with Crippen LogP contribution in [0.5, 0.6) is 0 Å². The molecule has 0 spiro atoms. The fourth-order valence-electron chi connectivity index (χ4n) is 2.51. The van der Waals surface area contributed by atoms with Crippen molar-refractivity contribution in [3.05, 3.63) is 0 Å². The lowest BCUT2D eigenvalue weighted by molar-refractivity contribution is -0.0770. The molecule has 2 aliphatic rings. The maximum absolute atomic E-state index is 5.57. The van der Waals surface area contributed by atoms with E-state index in [0.29, 0.717) is 6.10 Å². The van der Waals surface area contributed by atoms with Crippen molar-refractivity contribution in [2.75, 3.05) is 26.8 Å². The van der Waals surface area contributed by atoms with E-state index in [1.807, 2.05) is 7.11 Å². The lowest BCUT2D eigenvalue weighted by atomic mass is 9.77. The molecule has 0 bridgehead atoms. The van der Waals surface area contributed by atoms with Crippen molar-refractivity contribution in [1.29, 1.82) is 0 Å². The van der Waals surface area contributed by atoms with E-state index >= 15 is 0 Å². The van der Waals surface area contributed by atoms with Crippen molar-refractivity contribution >= 4 is 0 Å². The highest BCUT2D eigenvalue weighted by molar-refractivity contribution is 4.89. The van der Waals surface area contributed by atoms with Gasteiger partial charge in [0.2, 0.25) is 0 Å². The third kappa shape index (κ3) is 2.92. The first-order valence-corrected chi connectivity index (χ1v) is 6.22. The molecule has 0 aromatic carbocycles. The first kappa shape index (κ1) is 11.4. The lowest BCUT2D eigenvalue weighted by Gasteiger charge is -2.40. The van der Waals surface area contributed by atoms with Crippen LogP contribution >= 0.6 is 0 Å². The van der Waals surface area contributed by atoms with Gasteiger partial charge in [-0.2, -0.15) is 0 Å². The number of hydrogen-bond donors (Lipinski definition) is 1. The molecule has 1 N–H and O–H groups in total. The number of nitrogens with one attached hydrogen (secondary N) is 1. The van der Waals surface area contributed by atoms with Crippen molar-refractivity contribution in [2.45, 2.75) is 50.2 Å². The summed E-state index contributed by atoms with van der Waals surface area (Å²) in [4.78, 5) is 0. The van der Waals surface area contributed by atoms with Crippen molar-refractivity contribution in [2.24, 2.45) is 0 Å². The molecule has 2 fully saturated rings. The summed E-state index contributed by atoms with van der Waals surface area (Å²) in [6, 6.07) is 0. The Kier molecular flexibility index (Phi) is 4.00. The zero-order valence-corrected chi connectivity index (χ0v) is 9.76. The van der Waals surface area contributed by atoms with Gasteiger partial charge in [-0.05, 0) is 45.1 Å². The Morgan fingerprint density at radius 3 is 2.80 bits per heavy atom. The summed E-state index contributed by atoms with van der Waals surface area (Å²) in [6.45, 7) is 3.03. The minimum atomic E-state index is 0.212. The second-order valence-corrected chi connectivity index (χ2v) is 4.83. The smallest absolute Gasteiger partial charge is 0.0700 e. The van der Waals surface area contributed by atoms with E-state index < -0.39 is 0 Å². The van der Waals surface area contributed by atoms with Gasteiger partial charge in [-0.25, -0.2) is 0 Å². The van der Waals surface area contributed by atoms with Gasteiger partial charge in [0.15, 0.2) is 0 Å². The topological polar surface area (TPSA) is 30.5 Å². The molecule has 1 unspecified atom stereocenters. The largest absolute Gasteiger partial charge is 0.378 e. The third-order valence-corrected chi connectivity index (χ3v) is 3.85. The van der Waals surface area contributed by atoms with Crippen LogP contribution in [0.4, 0.5) is 0 Å².